The Morgan fingerprint density at radius 3 is 2.19 bits per heavy atom. The number of rotatable bonds is 6. The third-order valence-electron chi connectivity index (χ3n) is 4.25. The van der Waals surface area contributed by atoms with E-state index in [1.807, 2.05) is 30.3 Å². The van der Waals surface area contributed by atoms with Gasteiger partial charge in [-0.1, -0.05) is 18.2 Å². The van der Waals surface area contributed by atoms with Crippen molar-refractivity contribution in [2.75, 3.05) is 50.0 Å². The molecule has 1 heterocycles. The molecule has 2 aromatic rings. The van der Waals surface area contributed by atoms with Crippen LogP contribution in [0.2, 0.25) is 0 Å². The van der Waals surface area contributed by atoms with Gasteiger partial charge >= 0.3 is 6.03 Å². The normalized spacial score (nSPS) is 14.4. The molecule has 1 saturated heterocycles. The molecule has 3 amide bonds. The number of anilines is 2. The molecule has 0 aliphatic carbocycles. The number of carbonyl (C=O) groups excluding carboxylic acids is 2. The summed E-state index contributed by atoms with van der Waals surface area (Å²) in [4.78, 5) is 26.5. The molecule has 0 radical (unpaired) electrons. The maximum Gasteiger partial charge on any atom is 0.323 e. The lowest BCUT2D eigenvalue weighted by atomic mass is 10.2. The fraction of sp³-hybridized carbons (Fsp3) is 0.300. The minimum Gasteiger partial charge on any atom is -0.379 e. The van der Waals surface area contributed by atoms with Gasteiger partial charge in [-0.05, 0) is 36.4 Å². The first-order valence-electron chi connectivity index (χ1n) is 9.02. The second-order valence-electron chi connectivity index (χ2n) is 6.23. The largest absolute Gasteiger partial charge is 0.379 e. The summed E-state index contributed by atoms with van der Waals surface area (Å²) in [6, 6.07) is 15.7. The topological polar surface area (TPSA) is 82.7 Å². The summed E-state index contributed by atoms with van der Waals surface area (Å²) in [5.74, 6) is -0.122. The Bertz CT molecular complexity index is 744. The molecule has 27 heavy (non-hydrogen) atoms. The van der Waals surface area contributed by atoms with Crippen LogP contribution in [-0.2, 0) is 4.74 Å². The number of para-hydroxylation sites is 1. The van der Waals surface area contributed by atoms with Crippen molar-refractivity contribution in [3.05, 3.63) is 60.2 Å². The molecule has 1 aliphatic rings. The number of hydrogen-bond acceptors (Lipinski definition) is 4. The summed E-state index contributed by atoms with van der Waals surface area (Å²) in [5, 5.41) is 8.40. The highest BCUT2D eigenvalue weighted by atomic mass is 16.5. The van der Waals surface area contributed by atoms with Gasteiger partial charge in [0.1, 0.15) is 0 Å². The van der Waals surface area contributed by atoms with E-state index in [-0.39, 0.29) is 11.9 Å². The quantitative estimate of drug-likeness (QED) is 0.731. The molecule has 3 rings (SSSR count). The van der Waals surface area contributed by atoms with E-state index in [2.05, 4.69) is 20.9 Å². The van der Waals surface area contributed by atoms with Crippen LogP contribution >= 0.6 is 0 Å². The maximum absolute atomic E-state index is 12.2. The van der Waals surface area contributed by atoms with Gasteiger partial charge in [0.05, 0.1) is 13.2 Å². The standard InChI is InChI=1S/C20H24N4O3/c25-19(21-10-11-24-12-14-27-15-13-24)16-6-8-18(9-7-16)23-20(26)22-17-4-2-1-3-5-17/h1-9H,10-15H2,(H,21,25)(H2,22,23,26). The number of nitrogens with zero attached hydrogens (tertiary/aromatic N) is 1. The van der Waals surface area contributed by atoms with E-state index in [0.717, 1.165) is 32.8 Å². The minimum absolute atomic E-state index is 0.122. The average molecular weight is 368 g/mol. The van der Waals surface area contributed by atoms with E-state index in [1.165, 1.54) is 0 Å². The third-order valence-corrected chi connectivity index (χ3v) is 4.25. The molecule has 0 unspecified atom stereocenters. The lowest BCUT2D eigenvalue weighted by Crippen LogP contribution is -2.41. The van der Waals surface area contributed by atoms with Crippen molar-refractivity contribution in [3.8, 4) is 0 Å². The predicted molar refractivity (Wildman–Crippen MR) is 105 cm³/mol. The SMILES string of the molecule is O=C(Nc1ccccc1)Nc1ccc(C(=O)NCCN2CCOCC2)cc1. The molecule has 0 atom stereocenters. The number of nitrogens with one attached hydrogen (secondary N) is 3. The fourth-order valence-electron chi connectivity index (χ4n) is 2.77. The monoisotopic (exact) mass is 368 g/mol. The Hall–Kier alpha value is -2.90. The number of morpholine rings is 1. The molecule has 7 nitrogen and oxygen atoms in total. The van der Waals surface area contributed by atoms with Gasteiger partial charge in [-0.25, -0.2) is 4.79 Å². The number of benzene rings is 2. The average Bonchev–Trinajstić information content (AvgIpc) is 2.70. The van der Waals surface area contributed by atoms with Crippen molar-refractivity contribution in [2.24, 2.45) is 0 Å². The highest BCUT2D eigenvalue weighted by Crippen LogP contribution is 2.11. The second-order valence-corrected chi connectivity index (χ2v) is 6.23. The predicted octanol–water partition coefficient (Wildman–Crippen LogP) is 2.39. The fourth-order valence-corrected chi connectivity index (χ4v) is 2.77. The van der Waals surface area contributed by atoms with Crippen molar-refractivity contribution in [3.63, 3.8) is 0 Å². The van der Waals surface area contributed by atoms with Crippen molar-refractivity contribution in [1.82, 2.24) is 10.2 Å². The summed E-state index contributed by atoms with van der Waals surface area (Å²) in [6.07, 6.45) is 0. The lowest BCUT2D eigenvalue weighted by Gasteiger charge is -2.26. The van der Waals surface area contributed by atoms with Gasteiger partial charge in [-0.15, -0.1) is 0 Å². The van der Waals surface area contributed by atoms with Gasteiger partial charge < -0.3 is 20.7 Å². The first-order valence-corrected chi connectivity index (χ1v) is 9.02. The van der Waals surface area contributed by atoms with E-state index in [1.54, 1.807) is 24.3 Å². The van der Waals surface area contributed by atoms with Crippen LogP contribution in [0.15, 0.2) is 54.6 Å². The Balaban J connectivity index is 1.43. The highest BCUT2D eigenvalue weighted by Gasteiger charge is 2.11. The van der Waals surface area contributed by atoms with Crippen molar-refractivity contribution in [1.29, 1.82) is 0 Å². The number of hydrogen-bond donors (Lipinski definition) is 3. The molecule has 0 spiro atoms. The van der Waals surface area contributed by atoms with Crippen molar-refractivity contribution < 1.29 is 14.3 Å². The van der Waals surface area contributed by atoms with Crippen LogP contribution in [0, 0.1) is 0 Å². The zero-order valence-electron chi connectivity index (χ0n) is 15.1. The Morgan fingerprint density at radius 1 is 0.889 bits per heavy atom. The first-order chi connectivity index (χ1) is 13.2. The molecule has 3 N–H and O–H groups in total. The highest BCUT2D eigenvalue weighted by molar-refractivity contribution is 6.00. The number of ether oxygens (including phenoxy) is 1. The Morgan fingerprint density at radius 2 is 1.52 bits per heavy atom. The number of urea groups is 1. The van der Waals surface area contributed by atoms with Crippen LogP contribution in [0.1, 0.15) is 10.4 Å². The first kappa shape index (κ1) is 18.9. The van der Waals surface area contributed by atoms with E-state index in [4.69, 9.17) is 4.74 Å². The van der Waals surface area contributed by atoms with Crippen molar-refractivity contribution >= 4 is 23.3 Å². The van der Waals surface area contributed by atoms with Gasteiger partial charge in [0.15, 0.2) is 0 Å². The molecule has 2 aromatic carbocycles. The Kier molecular flexibility index (Phi) is 6.78. The van der Waals surface area contributed by atoms with Crippen molar-refractivity contribution in [2.45, 2.75) is 0 Å². The summed E-state index contributed by atoms with van der Waals surface area (Å²) in [6.45, 7) is 4.72. The molecule has 7 heteroatoms. The van der Waals surface area contributed by atoms with E-state index < -0.39 is 0 Å². The molecular formula is C20H24N4O3. The van der Waals surface area contributed by atoms with Crippen LogP contribution < -0.4 is 16.0 Å². The minimum atomic E-state index is -0.330. The number of amides is 3. The van der Waals surface area contributed by atoms with Crippen LogP contribution in [0.4, 0.5) is 16.2 Å². The van der Waals surface area contributed by atoms with E-state index in [9.17, 15) is 9.59 Å². The van der Waals surface area contributed by atoms with Crippen LogP contribution in [0.25, 0.3) is 0 Å². The summed E-state index contributed by atoms with van der Waals surface area (Å²) < 4.78 is 5.30. The lowest BCUT2D eigenvalue weighted by molar-refractivity contribution is 0.0383. The molecule has 0 saturated carbocycles. The molecule has 1 fully saturated rings. The maximum atomic E-state index is 12.2. The molecule has 1 aliphatic heterocycles. The summed E-state index contributed by atoms with van der Waals surface area (Å²) in [5.41, 5.74) is 1.89. The van der Waals surface area contributed by atoms with E-state index >= 15 is 0 Å². The summed E-state index contributed by atoms with van der Waals surface area (Å²) in [7, 11) is 0. The van der Waals surface area contributed by atoms with Gasteiger partial charge in [0.2, 0.25) is 0 Å². The van der Waals surface area contributed by atoms with E-state index in [0.29, 0.717) is 23.5 Å². The van der Waals surface area contributed by atoms with Gasteiger partial charge in [0, 0.05) is 43.1 Å². The van der Waals surface area contributed by atoms with Crippen LogP contribution in [0.3, 0.4) is 0 Å². The van der Waals surface area contributed by atoms with Gasteiger partial charge in [-0.2, -0.15) is 0 Å². The molecular weight excluding hydrogens is 344 g/mol. The second kappa shape index (κ2) is 9.70. The van der Waals surface area contributed by atoms with Crippen LogP contribution in [0.5, 0.6) is 0 Å². The number of carbonyl (C=O) groups is 2. The molecule has 0 bridgehead atoms. The van der Waals surface area contributed by atoms with Gasteiger partial charge in [0.25, 0.3) is 5.91 Å². The third kappa shape index (κ3) is 6.09. The zero-order valence-corrected chi connectivity index (χ0v) is 15.1. The Labute approximate surface area is 158 Å². The molecule has 142 valence electrons. The van der Waals surface area contributed by atoms with Crippen LogP contribution in [-0.4, -0.2) is 56.2 Å². The molecule has 0 aromatic heterocycles. The van der Waals surface area contributed by atoms with Gasteiger partial charge in [-0.3, -0.25) is 9.69 Å². The zero-order chi connectivity index (χ0) is 18.9. The smallest absolute Gasteiger partial charge is 0.323 e. The summed E-state index contributed by atoms with van der Waals surface area (Å²) >= 11 is 0.